The van der Waals surface area contributed by atoms with E-state index in [1.54, 1.807) is 11.0 Å². The maximum atomic E-state index is 12.7. The first kappa shape index (κ1) is 13.6. The van der Waals surface area contributed by atoms with Gasteiger partial charge in [0, 0.05) is 12.6 Å². The van der Waals surface area contributed by atoms with Gasteiger partial charge in [-0.15, -0.1) is 0 Å². The molecule has 1 saturated heterocycles. The first-order valence-electron chi connectivity index (χ1n) is 6.68. The zero-order valence-electron chi connectivity index (χ0n) is 11.6. The molecule has 1 amide bonds. The van der Waals surface area contributed by atoms with E-state index in [4.69, 9.17) is 9.78 Å². The van der Waals surface area contributed by atoms with Crippen LogP contribution in [0.5, 0.6) is 0 Å². The zero-order chi connectivity index (χ0) is 14.0. The van der Waals surface area contributed by atoms with Gasteiger partial charge in [0.1, 0.15) is 17.7 Å². The molecule has 1 aromatic rings. The highest BCUT2D eigenvalue weighted by Crippen LogP contribution is 2.30. The van der Waals surface area contributed by atoms with Gasteiger partial charge < -0.3 is 9.42 Å². The van der Waals surface area contributed by atoms with Crippen LogP contribution in [0, 0.1) is 24.2 Å². The number of carbonyl (C=O) groups excluding carboxylic acids is 1. The number of carbonyl (C=O) groups is 1. The Labute approximate surface area is 113 Å². The highest BCUT2D eigenvalue weighted by atomic mass is 16.5. The molecule has 5 heteroatoms. The molecule has 2 atom stereocenters. The van der Waals surface area contributed by atoms with Crippen molar-refractivity contribution >= 4 is 5.91 Å². The van der Waals surface area contributed by atoms with Crippen molar-refractivity contribution in [3.05, 3.63) is 17.5 Å². The smallest absolute Gasteiger partial charge is 0.234 e. The van der Waals surface area contributed by atoms with E-state index in [1.807, 2.05) is 20.8 Å². The molecule has 1 aliphatic heterocycles. The lowest BCUT2D eigenvalue weighted by Crippen LogP contribution is -2.39. The van der Waals surface area contributed by atoms with Crippen LogP contribution in [0.3, 0.4) is 0 Å². The van der Waals surface area contributed by atoms with E-state index in [9.17, 15) is 4.79 Å². The lowest BCUT2D eigenvalue weighted by molar-refractivity contribution is -0.134. The van der Waals surface area contributed by atoms with Crippen molar-refractivity contribution in [1.29, 1.82) is 5.26 Å². The standard InChI is InChI=1S/C14H19N3O2/c1-9(2)13(12-7-10(3)16-19-12)14(18)17-6-4-5-11(17)8-15/h7,9,11,13H,4-6H2,1-3H3. The van der Waals surface area contributed by atoms with Crippen molar-refractivity contribution in [3.8, 4) is 6.07 Å². The summed E-state index contributed by atoms with van der Waals surface area (Å²) < 4.78 is 5.26. The fraction of sp³-hybridized carbons (Fsp3) is 0.643. The Morgan fingerprint density at radius 1 is 1.63 bits per heavy atom. The van der Waals surface area contributed by atoms with E-state index in [0.29, 0.717) is 12.3 Å². The van der Waals surface area contributed by atoms with Crippen molar-refractivity contribution in [1.82, 2.24) is 10.1 Å². The number of rotatable bonds is 3. The normalized spacial score (nSPS) is 20.6. The van der Waals surface area contributed by atoms with Gasteiger partial charge in [0.25, 0.3) is 0 Å². The molecule has 5 nitrogen and oxygen atoms in total. The van der Waals surface area contributed by atoms with Crippen molar-refractivity contribution in [3.63, 3.8) is 0 Å². The lowest BCUT2D eigenvalue weighted by atomic mass is 9.91. The second-order valence-electron chi connectivity index (χ2n) is 5.41. The largest absolute Gasteiger partial charge is 0.360 e. The third kappa shape index (κ3) is 2.62. The molecule has 0 N–H and O–H groups in total. The SMILES string of the molecule is Cc1cc(C(C(=O)N2CCCC2C#N)C(C)C)on1. The number of nitrogens with zero attached hydrogens (tertiary/aromatic N) is 3. The minimum Gasteiger partial charge on any atom is -0.360 e. The molecule has 0 saturated carbocycles. The molecule has 0 spiro atoms. The summed E-state index contributed by atoms with van der Waals surface area (Å²) in [7, 11) is 0. The monoisotopic (exact) mass is 261 g/mol. The van der Waals surface area contributed by atoms with Crippen LogP contribution in [0.2, 0.25) is 0 Å². The lowest BCUT2D eigenvalue weighted by Gasteiger charge is -2.26. The fourth-order valence-electron chi connectivity index (χ4n) is 2.61. The highest BCUT2D eigenvalue weighted by molar-refractivity contribution is 5.84. The van der Waals surface area contributed by atoms with Crippen molar-refractivity contribution in [2.75, 3.05) is 6.54 Å². The number of amides is 1. The molecule has 2 unspecified atom stereocenters. The molecule has 0 aliphatic carbocycles. The van der Waals surface area contributed by atoms with Crippen LogP contribution < -0.4 is 0 Å². The third-order valence-corrected chi connectivity index (χ3v) is 3.57. The Morgan fingerprint density at radius 3 is 2.89 bits per heavy atom. The van der Waals surface area contributed by atoms with Gasteiger partial charge in [-0.25, -0.2) is 0 Å². The molecule has 1 fully saturated rings. The van der Waals surface area contributed by atoms with E-state index < -0.39 is 0 Å². The first-order chi connectivity index (χ1) is 9.04. The van der Waals surface area contributed by atoms with Gasteiger partial charge in [0.05, 0.1) is 11.8 Å². The Hall–Kier alpha value is -1.83. The third-order valence-electron chi connectivity index (χ3n) is 3.57. The maximum absolute atomic E-state index is 12.7. The van der Waals surface area contributed by atoms with Gasteiger partial charge >= 0.3 is 0 Å². The molecule has 19 heavy (non-hydrogen) atoms. The molecule has 2 heterocycles. The molecule has 1 aromatic heterocycles. The maximum Gasteiger partial charge on any atom is 0.234 e. The van der Waals surface area contributed by atoms with Crippen LogP contribution in [0.25, 0.3) is 0 Å². The Morgan fingerprint density at radius 2 is 2.37 bits per heavy atom. The van der Waals surface area contributed by atoms with Gasteiger partial charge in [0.2, 0.25) is 5.91 Å². The number of hydrogen-bond donors (Lipinski definition) is 0. The van der Waals surface area contributed by atoms with Crippen molar-refractivity contribution < 1.29 is 9.32 Å². The molecule has 2 rings (SSSR count). The van der Waals surface area contributed by atoms with Gasteiger partial charge in [-0.2, -0.15) is 5.26 Å². The molecule has 0 aromatic carbocycles. The number of hydrogen-bond acceptors (Lipinski definition) is 4. The summed E-state index contributed by atoms with van der Waals surface area (Å²) in [6, 6.07) is 3.72. The van der Waals surface area contributed by atoms with E-state index >= 15 is 0 Å². The average Bonchev–Trinajstić information content (AvgIpc) is 2.97. The quantitative estimate of drug-likeness (QED) is 0.836. The second-order valence-corrected chi connectivity index (χ2v) is 5.41. The topological polar surface area (TPSA) is 70.1 Å². The predicted octanol–water partition coefficient (Wildman–Crippen LogP) is 2.24. The molecular weight excluding hydrogens is 242 g/mol. The van der Waals surface area contributed by atoms with Crippen molar-refractivity contribution in [2.24, 2.45) is 5.92 Å². The van der Waals surface area contributed by atoms with E-state index in [1.165, 1.54) is 0 Å². The Bertz CT molecular complexity index is 501. The number of aryl methyl sites for hydroxylation is 1. The second kappa shape index (κ2) is 5.43. The summed E-state index contributed by atoms with van der Waals surface area (Å²) in [4.78, 5) is 14.3. The summed E-state index contributed by atoms with van der Waals surface area (Å²) in [6.45, 7) is 6.46. The predicted molar refractivity (Wildman–Crippen MR) is 69.2 cm³/mol. The van der Waals surface area contributed by atoms with Gasteiger partial charge in [0.15, 0.2) is 0 Å². The highest BCUT2D eigenvalue weighted by Gasteiger charge is 2.37. The number of likely N-dealkylation sites (tertiary alicyclic amines) is 1. The van der Waals surface area contributed by atoms with E-state index in [0.717, 1.165) is 18.5 Å². The summed E-state index contributed by atoms with van der Waals surface area (Å²) >= 11 is 0. The van der Waals surface area contributed by atoms with Crippen LogP contribution >= 0.6 is 0 Å². The molecule has 0 radical (unpaired) electrons. The van der Waals surface area contributed by atoms with Crippen LogP contribution in [0.4, 0.5) is 0 Å². The minimum absolute atomic E-state index is 0.0183. The van der Waals surface area contributed by atoms with Crippen LogP contribution in [-0.2, 0) is 4.79 Å². The molecule has 1 aliphatic rings. The van der Waals surface area contributed by atoms with Crippen LogP contribution in [0.1, 0.15) is 44.1 Å². The molecule has 102 valence electrons. The summed E-state index contributed by atoms with van der Waals surface area (Å²) in [6.07, 6.45) is 1.66. The first-order valence-corrected chi connectivity index (χ1v) is 6.68. The summed E-state index contributed by atoms with van der Waals surface area (Å²) in [5.41, 5.74) is 0.770. The van der Waals surface area contributed by atoms with Crippen molar-refractivity contribution in [2.45, 2.75) is 45.6 Å². The van der Waals surface area contributed by atoms with Crippen LogP contribution in [-0.4, -0.2) is 28.6 Å². The summed E-state index contributed by atoms with van der Waals surface area (Å²) in [5.74, 6) is 0.339. The average molecular weight is 261 g/mol. The van der Waals surface area contributed by atoms with E-state index in [-0.39, 0.29) is 23.8 Å². The van der Waals surface area contributed by atoms with Crippen LogP contribution in [0.15, 0.2) is 10.6 Å². The molecular formula is C14H19N3O2. The van der Waals surface area contributed by atoms with Gasteiger partial charge in [-0.05, 0) is 25.7 Å². The summed E-state index contributed by atoms with van der Waals surface area (Å²) in [5, 5.41) is 13.0. The Balaban J connectivity index is 2.25. The molecule has 0 bridgehead atoms. The Kier molecular flexibility index (Phi) is 3.89. The van der Waals surface area contributed by atoms with Gasteiger partial charge in [-0.3, -0.25) is 4.79 Å². The van der Waals surface area contributed by atoms with E-state index in [2.05, 4.69) is 11.2 Å². The number of nitriles is 1. The van der Waals surface area contributed by atoms with Gasteiger partial charge in [-0.1, -0.05) is 19.0 Å². The minimum atomic E-state index is -0.352. The zero-order valence-corrected chi connectivity index (χ0v) is 11.6. The number of aromatic nitrogens is 1. The fourth-order valence-corrected chi connectivity index (χ4v) is 2.61.